The van der Waals surface area contributed by atoms with Crippen molar-refractivity contribution >= 4 is 40.3 Å². The molecule has 3 aromatic rings. The number of amides is 2. The van der Waals surface area contributed by atoms with Gasteiger partial charge in [-0.3, -0.25) is 19.4 Å². The number of carbonyl (C=O) groups excluding carboxylic acids is 2. The Bertz CT molecular complexity index is 1540. The van der Waals surface area contributed by atoms with Crippen LogP contribution >= 0.6 is 0 Å². The number of primary amides is 1. The van der Waals surface area contributed by atoms with Crippen molar-refractivity contribution in [2.75, 3.05) is 31.1 Å². The molecule has 1 aliphatic heterocycles. The summed E-state index contributed by atoms with van der Waals surface area (Å²) in [5.41, 5.74) is 6.72. The van der Waals surface area contributed by atoms with E-state index in [4.69, 9.17) is 10.5 Å². The Hall–Kier alpha value is -4.67. The highest BCUT2D eigenvalue weighted by Crippen LogP contribution is 2.43. The number of carboxylic acids is 2. The van der Waals surface area contributed by atoms with Crippen LogP contribution in [0, 0.1) is 6.92 Å². The highest BCUT2D eigenvalue weighted by molar-refractivity contribution is 6.05. The van der Waals surface area contributed by atoms with Gasteiger partial charge in [0, 0.05) is 43.7 Å². The molecule has 1 saturated heterocycles. The van der Waals surface area contributed by atoms with Gasteiger partial charge in [0.25, 0.3) is 5.91 Å². The van der Waals surface area contributed by atoms with Gasteiger partial charge in [0.1, 0.15) is 11.3 Å². The molecule has 2 amide bonds. The summed E-state index contributed by atoms with van der Waals surface area (Å²) in [4.78, 5) is 59.4. The number of aliphatic carboxylic acids is 2. The van der Waals surface area contributed by atoms with Crippen LogP contribution < -0.4 is 15.4 Å². The maximum Gasteiger partial charge on any atom is 0.348 e. The molecule has 2 aliphatic rings. The van der Waals surface area contributed by atoms with Crippen LogP contribution in [0.1, 0.15) is 59.6 Å². The lowest BCUT2D eigenvalue weighted by Gasteiger charge is -2.39. The second-order valence-electron chi connectivity index (χ2n) is 11.0. The van der Waals surface area contributed by atoms with E-state index >= 15 is 0 Å². The molecule has 5 rings (SSSR count). The van der Waals surface area contributed by atoms with Gasteiger partial charge in [-0.05, 0) is 62.4 Å². The summed E-state index contributed by atoms with van der Waals surface area (Å²) in [6, 6.07) is 14.9. The van der Waals surface area contributed by atoms with Crippen LogP contribution in [-0.4, -0.2) is 75.6 Å². The number of rotatable bonds is 10. The van der Waals surface area contributed by atoms with Crippen molar-refractivity contribution in [3.63, 3.8) is 0 Å². The van der Waals surface area contributed by atoms with Crippen LogP contribution in [0.5, 0.6) is 5.75 Å². The van der Waals surface area contributed by atoms with Gasteiger partial charge in [-0.15, -0.1) is 0 Å². The van der Waals surface area contributed by atoms with Crippen LogP contribution in [0.4, 0.5) is 5.69 Å². The number of ether oxygens (including phenoxy) is 1. The minimum atomic E-state index is -1.53. The Morgan fingerprint density at radius 3 is 2.33 bits per heavy atom. The predicted molar refractivity (Wildman–Crippen MR) is 155 cm³/mol. The van der Waals surface area contributed by atoms with Gasteiger partial charge >= 0.3 is 11.9 Å². The zero-order valence-corrected chi connectivity index (χ0v) is 23.4. The molecule has 220 valence electrons. The van der Waals surface area contributed by atoms with E-state index in [1.807, 2.05) is 25.1 Å². The van der Waals surface area contributed by atoms with Crippen molar-refractivity contribution in [1.29, 1.82) is 0 Å². The van der Waals surface area contributed by atoms with E-state index in [2.05, 4.69) is 16.0 Å². The number of fused-ring (bicyclic) bond motifs is 1. The van der Waals surface area contributed by atoms with Crippen molar-refractivity contribution in [2.45, 2.75) is 50.5 Å². The van der Waals surface area contributed by atoms with E-state index in [1.54, 1.807) is 29.2 Å². The van der Waals surface area contributed by atoms with Gasteiger partial charge in [-0.2, -0.15) is 0 Å². The van der Waals surface area contributed by atoms with E-state index < -0.39 is 29.4 Å². The number of hydrogen-bond acceptors (Lipinski definition) is 7. The maximum atomic E-state index is 14.1. The molecule has 4 N–H and O–H groups in total. The molecule has 0 spiro atoms. The lowest BCUT2D eigenvalue weighted by Crippen LogP contribution is -2.51. The Morgan fingerprint density at radius 2 is 1.74 bits per heavy atom. The Balaban J connectivity index is 1.54. The van der Waals surface area contributed by atoms with Crippen LogP contribution in [0.2, 0.25) is 0 Å². The van der Waals surface area contributed by atoms with Crippen molar-refractivity contribution in [3.05, 3.63) is 65.4 Å². The van der Waals surface area contributed by atoms with E-state index in [0.717, 1.165) is 11.3 Å². The van der Waals surface area contributed by atoms with Crippen LogP contribution in [0.25, 0.3) is 10.9 Å². The fourth-order valence-corrected chi connectivity index (χ4v) is 5.72. The minimum absolute atomic E-state index is 0.00317. The van der Waals surface area contributed by atoms with Gasteiger partial charge in [-0.1, -0.05) is 24.3 Å². The van der Waals surface area contributed by atoms with E-state index in [1.165, 1.54) is 0 Å². The zero-order valence-electron chi connectivity index (χ0n) is 23.4. The van der Waals surface area contributed by atoms with Crippen molar-refractivity contribution in [2.24, 2.45) is 5.73 Å². The number of aryl methyl sites for hydroxylation is 1. The molecule has 11 heteroatoms. The lowest BCUT2D eigenvalue weighted by molar-refractivity contribution is -0.163. The zero-order chi connectivity index (χ0) is 30.0. The monoisotopic (exact) mass is 574 g/mol. The molecule has 1 aliphatic carbocycles. The van der Waals surface area contributed by atoms with Crippen LogP contribution in [-0.2, 0) is 14.4 Å². The first kappa shape index (κ1) is 28.8. The summed E-state index contributed by atoms with van der Waals surface area (Å²) < 4.78 is 6.13. The molecule has 0 radical (unpaired) electrons. The Labute approximate surface area is 242 Å². The van der Waals surface area contributed by atoms with Gasteiger partial charge in [-0.25, -0.2) is 4.79 Å². The largest absolute Gasteiger partial charge is 0.481 e. The summed E-state index contributed by atoms with van der Waals surface area (Å²) in [5.74, 6) is -4.71. The number of piperazine rings is 1. The van der Waals surface area contributed by atoms with Crippen molar-refractivity contribution < 1.29 is 34.1 Å². The Morgan fingerprint density at radius 1 is 1.02 bits per heavy atom. The average molecular weight is 575 g/mol. The molecule has 1 saturated carbocycles. The van der Waals surface area contributed by atoms with E-state index in [-0.39, 0.29) is 48.6 Å². The van der Waals surface area contributed by atoms with Crippen LogP contribution in [0.15, 0.2) is 48.5 Å². The summed E-state index contributed by atoms with van der Waals surface area (Å²) in [6.45, 7) is 3.95. The van der Waals surface area contributed by atoms with E-state index in [9.17, 15) is 29.4 Å². The molecule has 1 atom stereocenters. The summed E-state index contributed by atoms with van der Waals surface area (Å²) in [7, 11) is 0. The number of pyridine rings is 1. The quantitative estimate of drug-likeness (QED) is 0.330. The number of anilines is 1. The topological polar surface area (TPSA) is 163 Å². The number of para-hydroxylation sites is 1. The smallest absolute Gasteiger partial charge is 0.348 e. The molecule has 2 fully saturated rings. The number of aromatic nitrogens is 1. The maximum absolute atomic E-state index is 14.1. The molecule has 11 nitrogen and oxygen atoms in total. The first-order valence-corrected chi connectivity index (χ1v) is 14.1. The third-order valence-corrected chi connectivity index (χ3v) is 8.20. The fraction of sp³-hybridized carbons (Fsp3) is 0.387. The highest BCUT2D eigenvalue weighted by atomic mass is 16.5. The lowest BCUT2D eigenvalue weighted by atomic mass is 9.80. The summed E-state index contributed by atoms with van der Waals surface area (Å²) in [5, 5.41) is 19.9. The standard InChI is InChI=1S/C31H34N4O7/c1-19-6-4-7-20(18-19)34-14-16-35(17-15-34)29(39)22(10-11-24(36)37)26-25(28(32)38)27(21-8-2-3-9-23(21)33-26)42-31(30(40)41)12-5-13-31/h2-4,6-9,18,22H,5,10-17H2,1H3,(H2,32,38)(H,36,37)(H,40,41). The molecular weight excluding hydrogens is 540 g/mol. The predicted octanol–water partition coefficient (Wildman–Crippen LogP) is 3.33. The molecule has 1 aromatic heterocycles. The Kier molecular flexibility index (Phi) is 8.02. The van der Waals surface area contributed by atoms with Gasteiger partial charge in [0.15, 0.2) is 0 Å². The fourth-order valence-electron chi connectivity index (χ4n) is 5.72. The number of nitrogens with zero attached hydrogens (tertiary/aromatic N) is 3. The summed E-state index contributed by atoms with van der Waals surface area (Å²) >= 11 is 0. The first-order chi connectivity index (χ1) is 20.1. The minimum Gasteiger partial charge on any atom is -0.481 e. The highest BCUT2D eigenvalue weighted by Gasteiger charge is 2.48. The van der Waals surface area contributed by atoms with Gasteiger partial charge in [0.2, 0.25) is 11.5 Å². The molecule has 42 heavy (non-hydrogen) atoms. The third-order valence-electron chi connectivity index (χ3n) is 8.20. The second-order valence-corrected chi connectivity index (χ2v) is 11.0. The number of carboxylic acid groups (broad SMARTS) is 2. The van der Waals surface area contributed by atoms with Crippen LogP contribution in [0.3, 0.4) is 0 Å². The average Bonchev–Trinajstić information content (AvgIpc) is 2.94. The van der Waals surface area contributed by atoms with Gasteiger partial charge in [0.05, 0.1) is 17.1 Å². The number of benzene rings is 2. The molecule has 1 unspecified atom stereocenters. The SMILES string of the molecule is Cc1cccc(N2CCN(C(=O)C(CCC(=O)O)c3nc4ccccc4c(OC4(C(=O)O)CCC4)c3C(N)=O)CC2)c1. The second kappa shape index (κ2) is 11.7. The summed E-state index contributed by atoms with van der Waals surface area (Å²) in [6.07, 6.45) is 0.670. The molecule has 2 heterocycles. The normalized spacial score (nSPS) is 16.9. The number of carbonyl (C=O) groups is 4. The third kappa shape index (κ3) is 5.59. The van der Waals surface area contributed by atoms with Crippen molar-refractivity contribution in [3.8, 4) is 5.75 Å². The number of nitrogens with two attached hydrogens (primary N) is 1. The van der Waals surface area contributed by atoms with Crippen molar-refractivity contribution in [1.82, 2.24) is 9.88 Å². The molecule has 2 aromatic carbocycles. The van der Waals surface area contributed by atoms with E-state index in [0.29, 0.717) is 43.5 Å². The first-order valence-electron chi connectivity index (χ1n) is 14.1. The number of hydrogen-bond donors (Lipinski definition) is 3. The molecular formula is C31H34N4O7. The molecule has 0 bridgehead atoms. The van der Waals surface area contributed by atoms with Gasteiger partial charge < -0.3 is 30.5 Å².